The number of carbonyl (C=O) groups is 2. The highest BCUT2D eigenvalue weighted by Gasteiger charge is 2.13. The lowest BCUT2D eigenvalue weighted by molar-refractivity contribution is 0.0398. The number of rotatable bonds is 3. The summed E-state index contributed by atoms with van der Waals surface area (Å²) in [7, 11) is 0. The SMILES string of the molecule is O=C(OC(=O)c1ccccc1)c1ccccc1.c1ccc(-c2ccccc2)cc1. The fraction of sp³-hybridized carbons (Fsp3) is 0. The van der Waals surface area contributed by atoms with Gasteiger partial charge in [-0.25, -0.2) is 9.59 Å². The summed E-state index contributed by atoms with van der Waals surface area (Å²) in [4.78, 5) is 23.2. The second-order valence-corrected chi connectivity index (χ2v) is 6.14. The number of ether oxygens (including phenoxy) is 1. The Balaban J connectivity index is 0.000000176. The molecule has 29 heavy (non-hydrogen) atoms. The van der Waals surface area contributed by atoms with Crippen LogP contribution in [0.15, 0.2) is 121 Å². The molecule has 0 atom stereocenters. The molecule has 3 nitrogen and oxygen atoms in total. The molecule has 0 unspecified atom stereocenters. The lowest BCUT2D eigenvalue weighted by Gasteiger charge is -2.02. The summed E-state index contributed by atoms with van der Waals surface area (Å²) in [6.07, 6.45) is 0. The van der Waals surface area contributed by atoms with E-state index in [2.05, 4.69) is 48.5 Å². The smallest absolute Gasteiger partial charge is 0.346 e. The van der Waals surface area contributed by atoms with E-state index in [4.69, 9.17) is 4.74 Å². The van der Waals surface area contributed by atoms with Crippen molar-refractivity contribution in [2.45, 2.75) is 0 Å². The predicted octanol–water partition coefficient (Wildman–Crippen LogP) is 6.04. The van der Waals surface area contributed by atoms with E-state index in [1.54, 1.807) is 60.7 Å². The molecule has 4 rings (SSSR count). The van der Waals surface area contributed by atoms with Crippen LogP contribution in [0.4, 0.5) is 0 Å². The second kappa shape index (κ2) is 10.4. The van der Waals surface area contributed by atoms with Gasteiger partial charge >= 0.3 is 11.9 Å². The highest BCUT2D eigenvalue weighted by Crippen LogP contribution is 2.17. The van der Waals surface area contributed by atoms with Crippen molar-refractivity contribution in [3.8, 4) is 11.1 Å². The van der Waals surface area contributed by atoms with Gasteiger partial charge in [-0.05, 0) is 35.4 Å². The van der Waals surface area contributed by atoms with Crippen molar-refractivity contribution in [1.82, 2.24) is 0 Å². The standard InChI is InChI=1S/C14H10O3.C12H10/c15-13(11-7-3-1-4-8-11)17-14(16)12-9-5-2-6-10-12;1-3-7-11(8-4-1)12-9-5-2-6-10-12/h1-10H;1-10H. The molecule has 0 amide bonds. The van der Waals surface area contributed by atoms with Gasteiger partial charge in [0.05, 0.1) is 11.1 Å². The van der Waals surface area contributed by atoms with E-state index in [1.807, 2.05) is 12.1 Å². The van der Waals surface area contributed by atoms with Crippen LogP contribution in [0.25, 0.3) is 11.1 Å². The zero-order valence-electron chi connectivity index (χ0n) is 15.8. The van der Waals surface area contributed by atoms with E-state index in [9.17, 15) is 9.59 Å². The molecule has 3 heteroatoms. The lowest BCUT2D eigenvalue weighted by Crippen LogP contribution is -2.12. The van der Waals surface area contributed by atoms with Gasteiger partial charge in [-0.2, -0.15) is 0 Å². The zero-order valence-corrected chi connectivity index (χ0v) is 15.8. The van der Waals surface area contributed by atoms with Gasteiger partial charge in [-0.3, -0.25) is 0 Å². The maximum Gasteiger partial charge on any atom is 0.346 e. The zero-order chi connectivity index (χ0) is 20.3. The molecule has 4 aromatic rings. The molecule has 0 aliphatic heterocycles. The molecular weight excluding hydrogens is 360 g/mol. The average molecular weight is 380 g/mol. The molecule has 0 aliphatic carbocycles. The van der Waals surface area contributed by atoms with E-state index in [-0.39, 0.29) is 0 Å². The summed E-state index contributed by atoms with van der Waals surface area (Å²) in [5, 5.41) is 0. The molecule has 0 heterocycles. The molecule has 0 bridgehead atoms. The van der Waals surface area contributed by atoms with Crippen LogP contribution >= 0.6 is 0 Å². The van der Waals surface area contributed by atoms with Gasteiger partial charge < -0.3 is 4.74 Å². The monoisotopic (exact) mass is 380 g/mol. The van der Waals surface area contributed by atoms with Gasteiger partial charge in [0.15, 0.2) is 0 Å². The van der Waals surface area contributed by atoms with Crippen LogP contribution in [0, 0.1) is 0 Å². The Morgan fingerprint density at radius 3 is 1.00 bits per heavy atom. The van der Waals surface area contributed by atoms with E-state index in [1.165, 1.54) is 11.1 Å². The molecule has 0 saturated heterocycles. The van der Waals surface area contributed by atoms with Crippen LogP contribution in [0.3, 0.4) is 0 Å². The first-order valence-electron chi connectivity index (χ1n) is 9.21. The highest BCUT2D eigenvalue weighted by atomic mass is 16.6. The van der Waals surface area contributed by atoms with Crippen LogP contribution in [-0.2, 0) is 4.74 Å². The van der Waals surface area contributed by atoms with Crippen molar-refractivity contribution in [1.29, 1.82) is 0 Å². The van der Waals surface area contributed by atoms with Crippen molar-refractivity contribution in [3.63, 3.8) is 0 Å². The van der Waals surface area contributed by atoms with Gasteiger partial charge in [0.1, 0.15) is 0 Å². The van der Waals surface area contributed by atoms with Crippen LogP contribution in [0.2, 0.25) is 0 Å². The second-order valence-electron chi connectivity index (χ2n) is 6.14. The molecule has 0 N–H and O–H groups in total. The van der Waals surface area contributed by atoms with Crippen molar-refractivity contribution < 1.29 is 14.3 Å². The van der Waals surface area contributed by atoms with Gasteiger partial charge in [-0.1, -0.05) is 97.1 Å². The van der Waals surface area contributed by atoms with Crippen molar-refractivity contribution in [2.75, 3.05) is 0 Å². The van der Waals surface area contributed by atoms with E-state index < -0.39 is 11.9 Å². The fourth-order valence-electron chi connectivity index (χ4n) is 2.61. The number of esters is 2. The minimum Gasteiger partial charge on any atom is -0.386 e. The minimum atomic E-state index is -0.639. The van der Waals surface area contributed by atoms with E-state index in [0.29, 0.717) is 11.1 Å². The molecule has 0 spiro atoms. The highest BCUT2D eigenvalue weighted by molar-refractivity contribution is 6.02. The summed E-state index contributed by atoms with van der Waals surface area (Å²) < 4.78 is 4.74. The van der Waals surface area contributed by atoms with Crippen LogP contribution < -0.4 is 0 Å². The normalized spacial score (nSPS) is 9.66. The molecule has 4 aromatic carbocycles. The predicted molar refractivity (Wildman–Crippen MR) is 115 cm³/mol. The largest absolute Gasteiger partial charge is 0.386 e. The first-order chi connectivity index (χ1) is 14.2. The van der Waals surface area contributed by atoms with E-state index >= 15 is 0 Å². The topological polar surface area (TPSA) is 43.4 Å². The third-order valence-corrected chi connectivity index (χ3v) is 4.09. The summed E-state index contributed by atoms with van der Waals surface area (Å²) in [6.45, 7) is 0. The Morgan fingerprint density at radius 1 is 0.414 bits per heavy atom. The first-order valence-corrected chi connectivity index (χ1v) is 9.21. The van der Waals surface area contributed by atoms with Crippen LogP contribution in [0.5, 0.6) is 0 Å². The average Bonchev–Trinajstić information content (AvgIpc) is 2.82. The molecule has 0 aromatic heterocycles. The van der Waals surface area contributed by atoms with Gasteiger partial charge in [-0.15, -0.1) is 0 Å². The third kappa shape index (κ3) is 6.01. The number of carbonyl (C=O) groups excluding carboxylic acids is 2. The van der Waals surface area contributed by atoms with Crippen LogP contribution in [-0.4, -0.2) is 11.9 Å². The Labute approximate surface area is 170 Å². The summed E-state index contributed by atoms with van der Waals surface area (Å²) in [5.41, 5.74) is 3.27. The fourth-order valence-corrected chi connectivity index (χ4v) is 2.61. The lowest BCUT2D eigenvalue weighted by atomic mass is 10.1. The summed E-state index contributed by atoms with van der Waals surface area (Å²) in [5.74, 6) is -1.28. The molecule has 0 radical (unpaired) electrons. The third-order valence-electron chi connectivity index (χ3n) is 4.09. The first kappa shape index (κ1) is 19.8. The van der Waals surface area contributed by atoms with Crippen LogP contribution in [0.1, 0.15) is 20.7 Å². The van der Waals surface area contributed by atoms with Gasteiger partial charge in [0.2, 0.25) is 0 Å². The maximum atomic E-state index is 11.6. The molecule has 0 fully saturated rings. The Morgan fingerprint density at radius 2 is 0.690 bits per heavy atom. The summed E-state index contributed by atoms with van der Waals surface area (Å²) >= 11 is 0. The van der Waals surface area contributed by atoms with Gasteiger partial charge in [0, 0.05) is 0 Å². The van der Waals surface area contributed by atoms with Gasteiger partial charge in [0.25, 0.3) is 0 Å². The quantitative estimate of drug-likeness (QED) is 0.322. The van der Waals surface area contributed by atoms with Crippen molar-refractivity contribution >= 4 is 11.9 Å². The maximum absolute atomic E-state index is 11.6. The Bertz CT molecular complexity index is 941. The number of hydrogen-bond donors (Lipinski definition) is 0. The number of benzene rings is 4. The van der Waals surface area contributed by atoms with Crippen molar-refractivity contribution in [2.24, 2.45) is 0 Å². The molecule has 142 valence electrons. The minimum absolute atomic E-state index is 0.358. The Hall–Kier alpha value is -3.98. The van der Waals surface area contributed by atoms with Crippen molar-refractivity contribution in [3.05, 3.63) is 132 Å². The molecule has 0 saturated carbocycles. The molecular formula is C26H20O3. The molecule has 0 aliphatic rings. The van der Waals surface area contributed by atoms with E-state index in [0.717, 1.165) is 0 Å². The summed E-state index contributed by atoms with van der Waals surface area (Å²) in [6, 6.07) is 37.6. The Kier molecular flexibility index (Phi) is 7.08. The number of hydrogen-bond acceptors (Lipinski definition) is 3.